The van der Waals surface area contributed by atoms with Gasteiger partial charge in [0.05, 0.1) is 0 Å². The molecule has 0 bridgehead atoms. The molecule has 0 aliphatic carbocycles. The van der Waals surface area contributed by atoms with Crippen molar-refractivity contribution >= 4 is 0 Å². The van der Waals surface area contributed by atoms with E-state index in [2.05, 4.69) is 39.1 Å². The van der Waals surface area contributed by atoms with Crippen LogP contribution in [0.15, 0.2) is 24.8 Å². The summed E-state index contributed by atoms with van der Waals surface area (Å²) in [5.41, 5.74) is 1.27. The number of hydrogen-bond acceptors (Lipinski definition) is 1. The first kappa shape index (κ1) is 11.4. The molecule has 0 heterocycles. The maximum absolute atomic E-state index is 3.99. The Morgan fingerprint density at radius 3 is 2.42 bits per heavy atom. The molecule has 0 fully saturated rings. The molecule has 0 rings (SSSR count). The van der Waals surface area contributed by atoms with Gasteiger partial charge in [0.1, 0.15) is 0 Å². The summed E-state index contributed by atoms with van der Waals surface area (Å²) >= 11 is 0. The molecule has 0 aliphatic rings. The third-order valence-corrected chi connectivity index (χ3v) is 2.07. The van der Waals surface area contributed by atoms with Crippen molar-refractivity contribution in [3.05, 3.63) is 24.8 Å². The predicted octanol–water partition coefficient (Wildman–Crippen LogP) is 2.71. The van der Waals surface area contributed by atoms with Crippen LogP contribution in [0.5, 0.6) is 0 Å². The second-order valence-corrected chi connectivity index (χ2v) is 3.66. The Morgan fingerprint density at radius 2 is 2.08 bits per heavy atom. The van der Waals surface area contributed by atoms with Crippen LogP contribution >= 0.6 is 0 Å². The van der Waals surface area contributed by atoms with Crippen molar-refractivity contribution in [3.63, 3.8) is 0 Å². The van der Waals surface area contributed by atoms with Crippen LogP contribution in [0.25, 0.3) is 0 Å². The van der Waals surface area contributed by atoms with E-state index in [1.165, 1.54) is 12.0 Å². The predicted molar refractivity (Wildman–Crippen MR) is 56.3 cm³/mol. The third-order valence-electron chi connectivity index (χ3n) is 2.07. The van der Waals surface area contributed by atoms with Gasteiger partial charge in [0.25, 0.3) is 0 Å². The Labute approximate surface area is 76.8 Å². The molecule has 0 saturated carbocycles. The van der Waals surface area contributed by atoms with Gasteiger partial charge in [0.2, 0.25) is 0 Å². The van der Waals surface area contributed by atoms with Gasteiger partial charge >= 0.3 is 0 Å². The molecular weight excluding hydrogens is 146 g/mol. The van der Waals surface area contributed by atoms with E-state index in [0.717, 1.165) is 13.0 Å². The minimum atomic E-state index is 0.616. The van der Waals surface area contributed by atoms with Crippen LogP contribution in [0.2, 0.25) is 0 Å². The zero-order chi connectivity index (χ0) is 9.56. The SMILES string of the molecule is C=CCC(CCN(C)C)C(=C)C. The van der Waals surface area contributed by atoms with Crippen molar-refractivity contribution in [1.82, 2.24) is 4.90 Å². The molecule has 1 nitrogen and oxygen atoms in total. The maximum atomic E-state index is 3.99. The molecule has 0 amide bonds. The Balaban J connectivity index is 3.78. The quantitative estimate of drug-likeness (QED) is 0.550. The van der Waals surface area contributed by atoms with E-state index < -0.39 is 0 Å². The van der Waals surface area contributed by atoms with Crippen LogP contribution in [0.3, 0.4) is 0 Å². The monoisotopic (exact) mass is 167 g/mol. The van der Waals surface area contributed by atoms with Crippen LogP contribution in [-0.2, 0) is 0 Å². The minimum Gasteiger partial charge on any atom is -0.309 e. The molecular formula is C11H21N. The summed E-state index contributed by atoms with van der Waals surface area (Å²) in [5, 5.41) is 0. The molecule has 0 aliphatic heterocycles. The second kappa shape index (κ2) is 6.01. The molecule has 0 radical (unpaired) electrons. The van der Waals surface area contributed by atoms with Gasteiger partial charge in [-0.3, -0.25) is 0 Å². The van der Waals surface area contributed by atoms with E-state index in [-0.39, 0.29) is 0 Å². The van der Waals surface area contributed by atoms with Gasteiger partial charge in [-0.05, 0) is 46.3 Å². The van der Waals surface area contributed by atoms with Gasteiger partial charge < -0.3 is 4.90 Å². The molecule has 0 aromatic heterocycles. The largest absolute Gasteiger partial charge is 0.309 e. The minimum absolute atomic E-state index is 0.616. The number of allylic oxidation sites excluding steroid dienone is 2. The summed E-state index contributed by atoms with van der Waals surface area (Å²) in [7, 11) is 4.20. The van der Waals surface area contributed by atoms with E-state index in [4.69, 9.17) is 0 Å². The topological polar surface area (TPSA) is 3.24 Å². The number of nitrogens with zero attached hydrogens (tertiary/aromatic N) is 1. The molecule has 1 atom stereocenters. The Bertz CT molecular complexity index is 147. The van der Waals surface area contributed by atoms with Crippen molar-refractivity contribution < 1.29 is 0 Å². The molecule has 0 N–H and O–H groups in total. The maximum Gasteiger partial charge on any atom is -0.00190 e. The van der Waals surface area contributed by atoms with E-state index in [1.54, 1.807) is 0 Å². The fourth-order valence-electron chi connectivity index (χ4n) is 1.18. The summed E-state index contributed by atoms with van der Waals surface area (Å²) in [6.45, 7) is 11.0. The van der Waals surface area contributed by atoms with Crippen LogP contribution in [-0.4, -0.2) is 25.5 Å². The fourth-order valence-corrected chi connectivity index (χ4v) is 1.18. The smallest absolute Gasteiger partial charge is 0.00190 e. The number of hydrogen-bond donors (Lipinski definition) is 0. The summed E-state index contributed by atoms with van der Waals surface area (Å²) in [4.78, 5) is 2.21. The van der Waals surface area contributed by atoms with Crippen molar-refractivity contribution in [2.24, 2.45) is 5.92 Å². The van der Waals surface area contributed by atoms with Crippen LogP contribution in [0, 0.1) is 5.92 Å². The van der Waals surface area contributed by atoms with Crippen molar-refractivity contribution in [1.29, 1.82) is 0 Å². The summed E-state index contributed by atoms with van der Waals surface area (Å²) in [5.74, 6) is 0.616. The van der Waals surface area contributed by atoms with Gasteiger partial charge in [-0.2, -0.15) is 0 Å². The van der Waals surface area contributed by atoms with Gasteiger partial charge in [0.15, 0.2) is 0 Å². The van der Waals surface area contributed by atoms with E-state index in [9.17, 15) is 0 Å². The lowest BCUT2D eigenvalue weighted by Gasteiger charge is -2.17. The molecule has 12 heavy (non-hydrogen) atoms. The highest BCUT2D eigenvalue weighted by Gasteiger charge is 2.07. The lowest BCUT2D eigenvalue weighted by molar-refractivity contribution is 0.368. The second-order valence-electron chi connectivity index (χ2n) is 3.66. The molecule has 0 saturated heterocycles. The highest BCUT2D eigenvalue weighted by Crippen LogP contribution is 2.17. The van der Waals surface area contributed by atoms with E-state index in [0.29, 0.717) is 5.92 Å². The lowest BCUT2D eigenvalue weighted by atomic mass is 9.94. The molecule has 1 heteroatoms. The normalized spacial score (nSPS) is 13.0. The van der Waals surface area contributed by atoms with Gasteiger partial charge in [-0.1, -0.05) is 18.2 Å². The third kappa shape index (κ3) is 5.14. The van der Waals surface area contributed by atoms with Crippen LogP contribution in [0.4, 0.5) is 0 Å². The van der Waals surface area contributed by atoms with Crippen molar-refractivity contribution in [2.45, 2.75) is 19.8 Å². The first-order valence-corrected chi connectivity index (χ1v) is 4.49. The molecule has 1 unspecified atom stereocenters. The van der Waals surface area contributed by atoms with Gasteiger partial charge in [-0.15, -0.1) is 6.58 Å². The zero-order valence-corrected chi connectivity index (χ0v) is 8.64. The summed E-state index contributed by atoms with van der Waals surface area (Å²) in [6, 6.07) is 0. The van der Waals surface area contributed by atoms with Crippen molar-refractivity contribution in [2.75, 3.05) is 20.6 Å². The van der Waals surface area contributed by atoms with E-state index >= 15 is 0 Å². The molecule has 70 valence electrons. The summed E-state index contributed by atoms with van der Waals surface area (Å²) in [6.07, 6.45) is 4.23. The molecule has 0 aromatic rings. The fraction of sp³-hybridized carbons (Fsp3) is 0.636. The highest BCUT2D eigenvalue weighted by atomic mass is 15.0. The highest BCUT2D eigenvalue weighted by molar-refractivity contribution is 4.98. The Kier molecular flexibility index (Phi) is 5.73. The average molecular weight is 167 g/mol. The summed E-state index contributed by atoms with van der Waals surface area (Å²) < 4.78 is 0. The van der Waals surface area contributed by atoms with Crippen LogP contribution in [0.1, 0.15) is 19.8 Å². The van der Waals surface area contributed by atoms with Gasteiger partial charge in [0, 0.05) is 0 Å². The Morgan fingerprint density at radius 1 is 1.50 bits per heavy atom. The van der Waals surface area contributed by atoms with Crippen molar-refractivity contribution in [3.8, 4) is 0 Å². The lowest BCUT2D eigenvalue weighted by Crippen LogP contribution is -2.16. The first-order chi connectivity index (χ1) is 5.57. The van der Waals surface area contributed by atoms with Gasteiger partial charge in [-0.25, -0.2) is 0 Å². The molecule has 0 spiro atoms. The zero-order valence-electron chi connectivity index (χ0n) is 8.64. The first-order valence-electron chi connectivity index (χ1n) is 4.49. The van der Waals surface area contributed by atoms with E-state index in [1.807, 2.05) is 6.08 Å². The number of rotatable bonds is 6. The standard InChI is InChI=1S/C11H21N/c1-6-7-11(10(2)3)8-9-12(4)5/h6,11H,1-2,7-9H2,3-5H3. The Hall–Kier alpha value is -0.560. The molecule has 0 aromatic carbocycles. The van der Waals surface area contributed by atoms with Crippen LogP contribution < -0.4 is 0 Å². The average Bonchev–Trinajstić information content (AvgIpc) is 1.96.